The second kappa shape index (κ2) is 4.90. The standard InChI is InChI=1S/C24H40N2/c25-18-4-2-1-3-5-19(6-7-19)20(8-9-20)21(10-11-21)22(12-13-22)23(14-15-23)24(26)16-17-24/h1-18,25-26H2. The van der Waals surface area contributed by atoms with Gasteiger partial charge in [0.05, 0.1) is 0 Å². The molecule has 2 heteroatoms. The first-order valence-corrected chi connectivity index (χ1v) is 12.0. The Bertz CT molecular complexity index is 596. The van der Waals surface area contributed by atoms with Gasteiger partial charge in [0.15, 0.2) is 0 Å². The maximum absolute atomic E-state index is 6.94. The van der Waals surface area contributed by atoms with Crippen molar-refractivity contribution >= 4 is 0 Å². The number of hydrogen-bond donors (Lipinski definition) is 2. The highest BCUT2D eigenvalue weighted by atomic mass is 15.0. The third kappa shape index (κ3) is 1.83. The van der Waals surface area contributed by atoms with Crippen molar-refractivity contribution in [2.24, 2.45) is 38.5 Å². The molecule has 6 saturated carbocycles. The monoisotopic (exact) mass is 356 g/mol. The van der Waals surface area contributed by atoms with E-state index in [0.29, 0.717) is 10.8 Å². The maximum Gasteiger partial charge on any atom is 0.0218 e. The van der Waals surface area contributed by atoms with E-state index in [9.17, 15) is 0 Å². The molecule has 0 heterocycles. The zero-order chi connectivity index (χ0) is 17.7. The molecule has 0 unspecified atom stereocenters. The lowest BCUT2D eigenvalue weighted by Gasteiger charge is -2.47. The van der Waals surface area contributed by atoms with Crippen molar-refractivity contribution in [1.29, 1.82) is 0 Å². The highest BCUT2D eigenvalue weighted by Gasteiger charge is 2.89. The molecule has 6 fully saturated rings. The van der Waals surface area contributed by atoms with Crippen molar-refractivity contribution in [2.45, 2.75) is 115 Å². The van der Waals surface area contributed by atoms with E-state index in [-0.39, 0.29) is 5.54 Å². The van der Waals surface area contributed by atoms with Crippen LogP contribution in [-0.2, 0) is 0 Å². The van der Waals surface area contributed by atoms with Gasteiger partial charge in [-0.05, 0) is 124 Å². The van der Waals surface area contributed by atoms with E-state index in [0.717, 1.165) is 22.8 Å². The molecule has 2 nitrogen and oxygen atoms in total. The number of rotatable bonds is 11. The number of nitrogens with two attached hydrogens (primary N) is 2. The summed E-state index contributed by atoms with van der Waals surface area (Å²) in [6.45, 7) is 0.879. The van der Waals surface area contributed by atoms with Crippen LogP contribution in [0.15, 0.2) is 0 Å². The lowest BCUT2D eigenvalue weighted by molar-refractivity contribution is 0.0123. The van der Waals surface area contributed by atoms with Crippen LogP contribution in [0.25, 0.3) is 0 Å². The van der Waals surface area contributed by atoms with Gasteiger partial charge in [0.25, 0.3) is 0 Å². The Kier molecular flexibility index (Phi) is 3.18. The summed E-state index contributed by atoms with van der Waals surface area (Å²) in [5.74, 6) is 0. The molecule has 6 aliphatic rings. The Balaban J connectivity index is 1.23. The van der Waals surface area contributed by atoms with Gasteiger partial charge in [0, 0.05) is 5.54 Å². The van der Waals surface area contributed by atoms with Crippen molar-refractivity contribution in [3.8, 4) is 0 Å². The first-order chi connectivity index (χ1) is 12.6. The van der Waals surface area contributed by atoms with Crippen LogP contribution in [-0.4, -0.2) is 12.1 Å². The third-order valence-corrected chi connectivity index (χ3v) is 11.0. The number of unbranched alkanes of at least 4 members (excludes halogenated alkanes) is 3. The second-order valence-electron chi connectivity index (χ2n) is 11.7. The fraction of sp³-hybridized carbons (Fsp3) is 1.00. The molecule has 0 radical (unpaired) electrons. The molecular formula is C24H40N2. The largest absolute Gasteiger partial charge is 0.330 e. The van der Waals surface area contributed by atoms with Gasteiger partial charge < -0.3 is 11.5 Å². The predicted molar refractivity (Wildman–Crippen MR) is 107 cm³/mol. The average molecular weight is 357 g/mol. The van der Waals surface area contributed by atoms with Crippen molar-refractivity contribution in [3.05, 3.63) is 0 Å². The molecule has 6 rings (SSSR count). The van der Waals surface area contributed by atoms with E-state index < -0.39 is 0 Å². The van der Waals surface area contributed by atoms with Gasteiger partial charge in [0.2, 0.25) is 0 Å². The smallest absolute Gasteiger partial charge is 0.0218 e. The summed E-state index contributed by atoms with van der Waals surface area (Å²) in [5, 5.41) is 0. The minimum absolute atomic E-state index is 0.272. The van der Waals surface area contributed by atoms with Crippen LogP contribution < -0.4 is 11.5 Å². The zero-order valence-corrected chi connectivity index (χ0v) is 16.9. The Hall–Kier alpha value is -0.0800. The van der Waals surface area contributed by atoms with Crippen LogP contribution in [0.1, 0.15) is 109 Å². The Morgan fingerprint density at radius 2 is 1.00 bits per heavy atom. The molecule has 0 bridgehead atoms. The minimum atomic E-state index is 0.272. The van der Waals surface area contributed by atoms with E-state index in [1.54, 1.807) is 51.4 Å². The van der Waals surface area contributed by atoms with E-state index >= 15 is 0 Å². The maximum atomic E-state index is 6.94. The summed E-state index contributed by atoms with van der Waals surface area (Å²) in [7, 11) is 0. The second-order valence-corrected chi connectivity index (χ2v) is 11.7. The zero-order valence-electron chi connectivity index (χ0n) is 16.9. The molecule has 0 aromatic carbocycles. The molecule has 6 aliphatic carbocycles. The Morgan fingerprint density at radius 3 is 1.42 bits per heavy atom. The summed E-state index contributed by atoms with van der Waals surface area (Å²) in [4.78, 5) is 0. The molecule has 0 saturated heterocycles. The van der Waals surface area contributed by atoms with Crippen LogP contribution in [0.4, 0.5) is 0 Å². The minimum Gasteiger partial charge on any atom is -0.330 e. The fourth-order valence-corrected chi connectivity index (χ4v) is 8.99. The first kappa shape index (κ1) is 16.8. The third-order valence-electron chi connectivity index (χ3n) is 11.0. The van der Waals surface area contributed by atoms with Gasteiger partial charge in [-0.1, -0.05) is 19.3 Å². The molecule has 4 N–H and O–H groups in total. The topological polar surface area (TPSA) is 52.0 Å². The summed E-state index contributed by atoms with van der Waals surface area (Å²) >= 11 is 0. The van der Waals surface area contributed by atoms with Gasteiger partial charge in [0.1, 0.15) is 0 Å². The van der Waals surface area contributed by atoms with Crippen molar-refractivity contribution < 1.29 is 0 Å². The predicted octanol–water partition coefficient (Wildman–Crippen LogP) is 5.29. The molecular weight excluding hydrogens is 316 g/mol. The normalized spacial score (nSPS) is 36.2. The van der Waals surface area contributed by atoms with Crippen LogP contribution in [0.2, 0.25) is 0 Å². The van der Waals surface area contributed by atoms with E-state index in [1.807, 2.05) is 0 Å². The number of hydrogen-bond acceptors (Lipinski definition) is 2. The lowest BCUT2D eigenvalue weighted by atomic mass is 9.57. The summed E-state index contributed by atoms with van der Waals surface area (Å²) in [6, 6.07) is 0. The van der Waals surface area contributed by atoms with Gasteiger partial charge >= 0.3 is 0 Å². The van der Waals surface area contributed by atoms with E-state index in [1.165, 1.54) is 57.8 Å². The molecule has 26 heavy (non-hydrogen) atoms. The molecule has 0 aromatic heterocycles. The van der Waals surface area contributed by atoms with E-state index in [4.69, 9.17) is 11.5 Å². The van der Waals surface area contributed by atoms with Gasteiger partial charge in [-0.3, -0.25) is 0 Å². The highest BCUT2D eigenvalue weighted by molar-refractivity contribution is 5.39. The molecule has 0 amide bonds. The van der Waals surface area contributed by atoms with Crippen LogP contribution in [0, 0.1) is 27.1 Å². The summed E-state index contributed by atoms with van der Waals surface area (Å²) in [5.41, 5.74) is 16.5. The van der Waals surface area contributed by atoms with Crippen molar-refractivity contribution in [1.82, 2.24) is 0 Å². The molecule has 0 aromatic rings. The van der Waals surface area contributed by atoms with Crippen LogP contribution >= 0.6 is 0 Å². The van der Waals surface area contributed by atoms with Crippen molar-refractivity contribution in [2.75, 3.05) is 6.54 Å². The lowest BCUT2D eigenvalue weighted by Crippen LogP contribution is -2.48. The van der Waals surface area contributed by atoms with Gasteiger partial charge in [-0.25, -0.2) is 0 Å². The van der Waals surface area contributed by atoms with Crippen LogP contribution in [0.3, 0.4) is 0 Å². The van der Waals surface area contributed by atoms with Gasteiger partial charge in [-0.15, -0.1) is 0 Å². The first-order valence-electron chi connectivity index (χ1n) is 12.0. The summed E-state index contributed by atoms with van der Waals surface area (Å²) < 4.78 is 0. The summed E-state index contributed by atoms with van der Waals surface area (Å²) in [6.07, 6.45) is 25.1. The molecule has 146 valence electrons. The molecule has 0 spiro atoms. The SMILES string of the molecule is NCCCCCCC1(C2(C3(C4(C5(C6(N)CC6)CC5)CC4)CC3)CC2)CC1. The highest BCUT2D eigenvalue weighted by Crippen LogP contribution is 2.96. The quantitative estimate of drug-likeness (QED) is 0.494. The Labute approximate surface area is 160 Å². The van der Waals surface area contributed by atoms with Gasteiger partial charge in [-0.2, -0.15) is 0 Å². The van der Waals surface area contributed by atoms with Crippen molar-refractivity contribution in [3.63, 3.8) is 0 Å². The fourth-order valence-electron chi connectivity index (χ4n) is 8.99. The molecule has 0 aliphatic heterocycles. The van der Waals surface area contributed by atoms with Crippen LogP contribution in [0.5, 0.6) is 0 Å². The van der Waals surface area contributed by atoms with E-state index in [2.05, 4.69) is 0 Å². The Morgan fingerprint density at radius 1 is 0.500 bits per heavy atom. The average Bonchev–Trinajstić information content (AvgIpc) is 3.43. The molecule has 0 atom stereocenters.